The third-order valence-corrected chi connectivity index (χ3v) is 4.77. The van der Waals surface area contributed by atoms with Gasteiger partial charge in [-0.25, -0.2) is 8.42 Å². The van der Waals surface area contributed by atoms with Crippen molar-refractivity contribution in [2.75, 3.05) is 18.0 Å². The summed E-state index contributed by atoms with van der Waals surface area (Å²) in [5, 5.41) is 9.83. The fraction of sp³-hybridized carbons (Fsp3) is 0.500. The molecule has 0 radical (unpaired) electrons. The molecule has 1 heterocycles. The number of nitrogens with zero attached hydrogens (tertiary/aromatic N) is 1. The molecule has 20 heavy (non-hydrogen) atoms. The third kappa shape index (κ3) is 2.76. The number of rotatable bonds is 2. The molecule has 1 atom stereocenters. The van der Waals surface area contributed by atoms with Crippen molar-refractivity contribution in [3.05, 3.63) is 24.3 Å². The lowest BCUT2D eigenvalue weighted by Crippen LogP contribution is -2.29. The Bertz CT molecular complexity index is 593. The number of benzene rings is 1. The lowest BCUT2D eigenvalue weighted by atomic mass is 10.1. The zero-order chi connectivity index (χ0) is 15.2. The van der Waals surface area contributed by atoms with E-state index in [1.807, 2.05) is 0 Å². The molecule has 1 aromatic rings. The van der Waals surface area contributed by atoms with Gasteiger partial charge < -0.3 is 10.0 Å². The Labute approximate surface area is 114 Å². The smallest absolute Gasteiger partial charge is 0.388 e. The van der Waals surface area contributed by atoms with Crippen LogP contribution in [0.4, 0.5) is 18.9 Å². The Balaban J connectivity index is 2.24. The van der Waals surface area contributed by atoms with Crippen molar-refractivity contribution in [2.24, 2.45) is 0 Å². The van der Waals surface area contributed by atoms with Crippen molar-refractivity contribution in [3.8, 4) is 0 Å². The van der Waals surface area contributed by atoms with E-state index < -0.39 is 25.8 Å². The van der Waals surface area contributed by atoms with Gasteiger partial charge in [-0.15, -0.1) is 0 Å². The summed E-state index contributed by atoms with van der Waals surface area (Å²) in [6, 6.07) is 4.51. The molecule has 1 aromatic carbocycles. The van der Waals surface area contributed by atoms with Crippen molar-refractivity contribution in [1.82, 2.24) is 0 Å². The molecule has 0 aliphatic carbocycles. The fourth-order valence-electron chi connectivity index (χ4n) is 2.14. The second-order valence-electron chi connectivity index (χ2n) is 5.11. The molecule has 1 aliphatic rings. The molecular weight excluding hydrogens is 295 g/mol. The number of alkyl halides is 3. The Morgan fingerprint density at radius 2 is 1.80 bits per heavy atom. The number of halogens is 3. The minimum atomic E-state index is -5.31. The van der Waals surface area contributed by atoms with Crippen LogP contribution in [0.15, 0.2) is 29.2 Å². The number of hydrogen-bond acceptors (Lipinski definition) is 4. The van der Waals surface area contributed by atoms with Crippen LogP contribution in [0, 0.1) is 0 Å². The maximum Gasteiger partial charge on any atom is 0.501 e. The van der Waals surface area contributed by atoms with Crippen molar-refractivity contribution in [1.29, 1.82) is 0 Å². The van der Waals surface area contributed by atoms with Crippen LogP contribution in [0.25, 0.3) is 0 Å². The van der Waals surface area contributed by atoms with Crippen LogP contribution in [0.3, 0.4) is 0 Å². The van der Waals surface area contributed by atoms with Crippen molar-refractivity contribution >= 4 is 15.5 Å². The quantitative estimate of drug-likeness (QED) is 0.907. The Morgan fingerprint density at radius 1 is 1.25 bits per heavy atom. The van der Waals surface area contributed by atoms with Gasteiger partial charge in [-0.2, -0.15) is 13.2 Å². The van der Waals surface area contributed by atoms with E-state index in [1.54, 1.807) is 11.8 Å². The highest BCUT2D eigenvalue weighted by atomic mass is 32.2. The molecule has 1 fully saturated rings. The van der Waals surface area contributed by atoms with E-state index in [1.165, 1.54) is 12.1 Å². The molecule has 0 saturated carbocycles. The topological polar surface area (TPSA) is 57.6 Å². The van der Waals surface area contributed by atoms with E-state index in [-0.39, 0.29) is 0 Å². The van der Waals surface area contributed by atoms with Gasteiger partial charge in [0.25, 0.3) is 9.84 Å². The van der Waals surface area contributed by atoms with E-state index in [4.69, 9.17) is 0 Å². The van der Waals surface area contributed by atoms with Crippen molar-refractivity contribution in [3.63, 3.8) is 0 Å². The van der Waals surface area contributed by atoms with E-state index in [0.717, 1.165) is 12.1 Å². The molecular formula is C12H14F3NO3S. The lowest BCUT2D eigenvalue weighted by molar-refractivity contribution is -0.0436. The van der Waals surface area contributed by atoms with E-state index in [9.17, 15) is 26.7 Å². The first-order valence-electron chi connectivity index (χ1n) is 5.92. The molecule has 0 amide bonds. The highest BCUT2D eigenvalue weighted by Gasteiger charge is 2.46. The van der Waals surface area contributed by atoms with Crippen LogP contribution >= 0.6 is 0 Å². The zero-order valence-corrected chi connectivity index (χ0v) is 11.5. The Hall–Kier alpha value is -1.28. The van der Waals surface area contributed by atoms with Crippen LogP contribution in [0.5, 0.6) is 0 Å². The minimum Gasteiger partial charge on any atom is -0.388 e. The summed E-state index contributed by atoms with van der Waals surface area (Å²) < 4.78 is 59.6. The number of hydrogen-bond donors (Lipinski definition) is 1. The molecule has 8 heteroatoms. The molecule has 4 nitrogen and oxygen atoms in total. The predicted molar refractivity (Wildman–Crippen MR) is 67.1 cm³/mol. The molecule has 1 N–H and O–H groups in total. The summed E-state index contributed by atoms with van der Waals surface area (Å²) in [6.45, 7) is 2.60. The fourth-order valence-corrected chi connectivity index (χ4v) is 2.90. The maximum absolute atomic E-state index is 12.4. The summed E-state index contributed by atoms with van der Waals surface area (Å²) >= 11 is 0. The van der Waals surface area contributed by atoms with E-state index >= 15 is 0 Å². The average molecular weight is 309 g/mol. The van der Waals surface area contributed by atoms with Crippen LogP contribution in [0.1, 0.15) is 13.3 Å². The number of sulfone groups is 1. The number of aliphatic hydroxyl groups is 1. The molecule has 1 unspecified atom stereocenters. The average Bonchev–Trinajstić information content (AvgIpc) is 2.68. The van der Waals surface area contributed by atoms with Crippen molar-refractivity contribution in [2.45, 2.75) is 29.3 Å². The van der Waals surface area contributed by atoms with Gasteiger partial charge in [-0.05, 0) is 37.6 Å². The van der Waals surface area contributed by atoms with E-state index in [0.29, 0.717) is 25.2 Å². The van der Waals surface area contributed by atoms with Gasteiger partial charge in [-0.1, -0.05) is 0 Å². The lowest BCUT2D eigenvalue weighted by Gasteiger charge is -2.21. The van der Waals surface area contributed by atoms with Gasteiger partial charge in [0.1, 0.15) is 0 Å². The van der Waals surface area contributed by atoms with Gasteiger partial charge in [0, 0.05) is 18.8 Å². The molecule has 1 saturated heterocycles. The highest BCUT2D eigenvalue weighted by molar-refractivity contribution is 7.92. The molecule has 0 bridgehead atoms. The molecule has 2 rings (SSSR count). The first-order chi connectivity index (χ1) is 9.03. The van der Waals surface area contributed by atoms with Crippen LogP contribution in [-0.4, -0.2) is 37.7 Å². The second-order valence-corrected chi connectivity index (χ2v) is 7.05. The first kappa shape index (κ1) is 15.1. The molecule has 0 spiro atoms. The van der Waals surface area contributed by atoms with Crippen LogP contribution < -0.4 is 4.90 Å². The number of anilines is 1. The number of β-amino-alcohol motifs (C(OH)–C–C–N with tert-alkyl or cyclic N) is 1. The van der Waals surface area contributed by atoms with Gasteiger partial charge in [0.2, 0.25) is 0 Å². The summed E-state index contributed by atoms with van der Waals surface area (Å²) in [4.78, 5) is 1.02. The second kappa shape index (κ2) is 4.63. The molecule has 112 valence electrons. The monoisotopic (exact) mass is 309 g/mol. The van der Waals surface area contributed by atoms with Gasteiger partial charge >= 0.3 is 5.51 Å². The zero-order valence-electron chi connectivity index (χ0n) is 10.7. The first-order valence-corrected chi connectivity index (χ1v) is 7.40. The van der Waals surface area contributed by atoms with Crippen LogP contribution in [0.2, 0.25) is 0 Å². The summed E-state index contributed by atoms with van der Waals surface area (Å²) in [5.41, 5.74) is -5.55. The van der Waals surface area contributed by atoms with E-state index in [2.05, 4.69) is 0 Å². The normalized spacial score (nSPS) is 24.1. The summed E-state index contributed by atoms with van der Waals surface area (Å²) in [7, 11) is -5.31. The van der Waals surface area contributed by atoms with Gasteiger partial charge in [0.05, 0.1) is 10.5 Å². The Morgan fingerprint density at radius 3 is 2.20 bits per heavy atom. The largest absolute Gasteiger partial charge is 0.501 e. The standard InChI is InChI=1S/C12H14F3NO3S/c1-11(17)6-7-16(8-11)9-2-4-10(5-3-9)20(18,19)12(13,14)15/h2-5,17H,6-8H2,1H3. The van der Waals surface area contributed by atoms with Crippen LogP contribution in [-0.2, 0) is 9.84 Å². The minimum absolute atomic E-state index is 0.359. The SMILES string of the molecule is CC1(O)CCN(c2ccc(S(=O)(=O)C(F)(F)F)cc2)C1. The maximum atomic E-state index is 12.4. The summed E-state index contributed by atoms with van der Waals surface area (Å²) in [5.74, 6) is 0. The van der Waals surface area contributed by atoms with Gasteiger partial charge in [0.15, 0.2) is 0 Å². The summed E-state index contributed by atoms with van der Waals surface area (Å²) in [6.07, 6.45) is 0.551. The van der Waals surface area contributed by atoms with Crippen molar-refractivity contribution < 1.29 is 26.7 Å². The molecule has 0 aromatic heterocycles. The predicted octanol–water partition coefficient (Wildman–Crippen LogP) is 1.94. The third-order valence-electron chi connectivity index (χ3n) is 3.27. The Kier molecular flexibility index (Phi) is 3.50. The highest BCUT2D eigenvalue weighted by Crippen LogP contribution is 2.32. The van der Waals surface area contributed by atoms with Gasteiger partial charge in [-0.3, -0.25) is 0 Å². The molecule has 1 aliphatic heterocycles.